The number of hydrogen-bond acceptors (Lipinski definition) is 4. The summed E-state index contributed by atoms with van der Waals surface area (Å²) in [5.41, 5.74) is -0.184. The summed E-state index contributed by atoms with van der Waals surface area (Å²) in [7, 11) is 0. The van der Waals surface area contributed by atoms with Crippen molar-refractivity contribution in [2.24, 2.45) is 0 Å². The second kappa shape index (κ2) is 8.31. The summed E-state index contributed by atoms with van der Waals surface area (Å²) in [6.07, 6.45) is 0.262. The summed E-state index contributed by atoms with van der Waals surface area (Å²) < 4.78 is 52.9. The van der Waals surface area contributed by atoms with Crippen LogP contribution in [0.2, 0.25) is 5.02 Å². The van der Waals surface area contributed by atoms with E-state index in [1.165, 1.54) is 23.1 Å². The number of nitrogens with zero attached hydrogens (tertiary/aromatic N) is 1. The van der Waals surface area contributed by atoms with E-state index in [0.717, 1.165) is 12.1 Å². The Hall–Kier alpha value is -3.33. The number of carbonyl (C=O) groups is 4. The van der Waals surface area contributed by atoms with Gasteiger partial charge in [0.15, 0.2) is 0 Å². The molecule has 1 saturated heterocycles. The first-order valence-electron chi connectivity index (χ1n) is 11.1. The number of carbonyl (C=O) groups excluding carboxylic acids is 4. The zero-order valence-electron chi connectivity index (χ0n) is 19.4. The third kappa shape index (κ3) is 4.08. The molecule has 0 spiro atoms. The van der Waals surface area contributed by atoms with Crippen molar-refractivity contribution in [1.82, 2.24) is 15.5 Å². The largest absolute Gasteiger partial charge is 0.349 e. The van der Waals surface area contributed by atoms with E-state index >= 15 is 0 Å². The first-order valence-corrected chi connectivity index (χ1v) is 9.94. The molecule has 2 aromatic rings. The number of alkyl halides is 2. The zero-order chi connectivity index (χ0) is 25.7. The van der Waals surface area contributed by atoms with E-state index in [-0.39, 0.29) is 35.5 Å². The average Bonchev–Trinajstić information content (AvgIpc) is 3.12. The molecule has 2 aromatic carbocycles. The summed E-state index contributed by atoms with van der Waals surface area (Å²) in [4.78, 5) is 49.9. The number of hydrogen-bond donors (Lipinski definition) is 2. The predicted molar refractivity (Wildman–Crippen MR) is 110 cm³/mol. The molecule has 0 saturated carbocycles. The Morgan fingerprint density at radius 2 is 2.06 bits per heavy atom. The maximum atomic E-state index is 14.7. The molecule has 7 nitrogen and oxygen atoms in total. The molecule has 2 unspecified atom stereocenters. The number of fused-ring (bicyclic) bond motifs is 1. The zero-order valence-corrected chi connectivity index (χ0v) is 17.1. The molecule has 10 heteroatoms. The van der Waals surface area contributed by atoms with Crippen LogP contribution >= 0.6 is 11.6 Å². The first kappa shape index (κ1) is 18.3. The lowest BCUT2D eigenvalue weighted by molar-refractivity contribution is -0.147. The van der Waals surface area contributed by atoms with Gasteiger partial charge >= 0.3 is 5.92 Å². The second-order valence-electron chi connectivity index (χ2n) is 7.35. The van der Waals surface area contributed by atoms with Crippen molar-refractivity contribution in [3.05, 3.63) is 69.7 Å². The monoisotopic (exact) mass is 464 g/mol. The average molecular weight is 465 g/mol. The van der Waals surface area contributed by atoms with Crippen molar-refractivity contribution in [1.29, 1.82) is 0 Å². The smallest absolute Gasteiger partial charge is 0.346 e. The molecular weight excluding hydrogens is 444 g/mol. The molecular formula is C22H18ClF2N3O4. The van der Waals surface area contributed by atoms with Crippen molar-refractivity contribution in [3.8, 4) is 0 Å². The van der Waals surface area contributed by atoms with Crippen LogP contribution in [0, 0.1) is 0 Å². The van der Waals surface area contributed by atoms with E-state index in [0.29, 0.717) is 5.56 Å². The normalized spacial score (nSPS) is 20.7. The van der Waals surface area contributed by atoms with Gasteiger partial charge in [0, 0.05) is 35.6 Å². The number of rotatable bonds is 5. The Balaban J connectivity index is 1.50. The Labute approximate surface area is 190 Å². The third-order valence-corrected chi connectivity index (χ3v) is 5.47. The molecule has 166 valence electrons. The second-order valence-corrected chi connectivity index (χ2v) is 7.76. The summed E-state index contributed by atoms with van der Waals surface area (Å²) in [5, 5.41) is 3.86. The van der Waals surface area contributed by atoms with Crippen LogP contribution in [0.25, 0.3) is 0 Å². The van der Waals surface area contributed by atoms with Gasteiger partial charge in [0.25, 0.3) is 11.8 Å². The van der Waals surface area contributed by atoms with Gasteiger partial charge in [-0.3, -0.25) is 24.5 Å². The molecule has 0 radical (unpaired) electrons. The van der Waals surface area contributed by atoms with E-state index < -0.39 is 59.8 Å². The predicted octanol–water partition coefficient (Wildman–Crippen LogP) is 2.51. The van der Waals surface area contributed by atoms with Gasteiger partial charge in [-0.25, -0.2) is 0 Å². The lowest BCUT2D eigenvalue weighted by Crippen LogP contribution is -2.52. The lowest BCUT2D eigenvalue weighted by Gasteiger charge is -2.29. The van der Waals surface area contributed by atoms with Crippen LogP contribution in [0.3, 0.4) is 0 Å². The topological polar surface area (TPSA) is 95.6 Å². The minimum Gasteiger partial charge on any atom is -0.346 e. The minimum absolute atomic E-state index is 0.0182. The maximum Gasteiger partial charge on any atom is 0.349 e. The van der Waals surface area contributed by atoms with Gasteiger partial charge in [-0.15, -0.1) is 0 Å². The molecule has 2 heterocycles. The van der Waals surface area contributed by atoms with Gasteiger partial charge in [-0.1, -0.05) is 35.8 Å². The van der Waals surface area contributed by atoms with E-state index in [9.17, 15) is 28.0 Å². The third-order valence-electron chi connectivity index (χ3n) is 5.25. The van der Waals surface area contributed by atoms with E-state index in [2.05, 4.69) is 5.32 Å². The standard InChI is InChI=1S/C22H18ClF2N3O4/c23-15-4-2-14(3-5-15)22(24,25)21(32)26-10-12-1-6-16-13(9-12)11-28(20(16)31)17-7-8-18(29)27-19(17)30/h1-6,9,17H,7-8,10-11H2,(H,26,32)(H,27,29,30)/i2D,4D,10D. The van der Waals surface area contributed by atoms with Crippen LogP contribution in [-0.4, -0.2) is 34.6 Å². The quantitative estimate of drug-likeness (QED) is 0.665. The molecule has 4 rings (SSSR count). The summed E-state index contributed by atoms with van der Waals surface area (Å²) in [5.74, 6) is -7.48. The highest BCUT2D eigenvalue weighted by Gasteiger charge is 2.41. The van der Waals surface area contributed by atoms with Crippen LogP contribution < -0.4 is 10.6 Å². The summed E-state index contributed by atoms with van der Waals surface area (Å²) >= 11 is 5.66. The van der Waals surface area contributed by atoms with Crippen molar-refractivity contribution in [2.75, 3.05) is 0 Å². The lowest BCUT2D eigenvalue weighted by atomic mass is 10.0. The molecule has 2 atom stereocenters. The molecule has 2 aliphatic heterocycles. The number of piperidine rings is 1. The fourth-order valence-electron chi connectivity index (χ4n) is 3.60. The Morgan fingerprint density at radius 1 is 1.28 bits per heavy atom. The van der Waals surface area contributed by atoms with Gasteiger partial charge < -0.3 is 10.2 Å². The minimum atomic E-state index is -4.20. The van der Waals surface area contributed by atoms with Crippen LogP contribution in [0.1, 0.15) is 44.0 Å². The fraction of sp³-hybridized carbons (Fsp3) is 0.273. The van der Waals surface area contributed by atoms with Crippen LogP contribution in [0.5, 0.6) is 0 Å². The summed E-state index contributed by atoms with van der Waals surface area (Å²) in [6.45, 7) is -1.61. The van der Waals surface area contributed by atoms with E-state index in [4.69, 9.17) is 15.7 Å². The molecule has 0 aromatic heterocycles. The number of imide groups is 1. The Kier molecular flexibility index (Phi) is 4.74. The molecule has 0 aliphatic carbocycles. The van der Waals surface area contributed by atoms with Crippen molar-refractivity contribution in [2.45, 2.75) is 37.9 Å². The molecule has 0 bridgehead atoms. The highest BCUT2D eigenvalue weighted by atomic mass is 35.5. The Bertz CT molecular complexity index is 1280. The Morgan fingerprint density at radius 3 is 2.81 bits per heavy atom. The molecule has 32 heavy (non-hydrogen) atoms. The van der Waals surface area contributed by atoms with Gasteiger partial charge in [-0.2, -0.15) is 8.78 Å². The van der Waals surface area contributed by atoms with Gasteiger partial charge in [0.1, 0.15) is 6.04 Å². The molecule has 2 aliphatic rings. The number of benzene rings is 2. The number of amides is 4. The fourth-order valence-corrected chi connectivity index (χ4v) is 3.71. The van der Waals surface area contributed by atoms with Crippen LogP contribution in [0.4, 0.5) is 8.78 Å². The molecule has 4 amide bonds. The molecule has 2 N–H and O–H groups in total. The molecule has 1 fully saturated rings. The number of halogens is 3. The van der Waals surface area contributed by atoms with Crippen LogP contribution in [0.15, 0.2) is 42.4 Å². The number of nitrogens with one attached hydrogen (secondary N) is 2. The van der Waals surface area contributed by atoms with Gasteiger partial charge in [-0.05, 0) is 35.7 Å². The van der Waals surface area contributed by atoms with Gasteiger partial charge in [0.05, 0.1) is 4.11 Å². The SMILES string of the molecule is [2H]c1c(Cl)ccc(C(F)(F)C(=O)NC([2H])c2ccc3c(c2)CN(C2CCC(=O)NC2=O)C3=O)c1[2H]. The highest BCUT2D eigenvalue weighted by Crippen LogP contribution is 2.30. The van der Waals surface area contributed by atoms with Crippen molar-refractivity contribution < 1.29 is 32.1 Å². The van der Waals surface area contributed by atoms with E-state index in [1.807, 2.05) is 5.32 Å². The highest BCUT2D eigenvalue weighted by molar-refractivity contribution is 6.30. The summed E-state index contributed by atoms with van der Waals surface area (Å²) in [6, 6.07) is 3.52. The van der Waals surface area contributed by atoms with Crippen LogP contribution in [-0.2, 0) is 33.4 Å². The first-order chi connectivity index (χ1) is 16.4. The van der Waals surface area contributed by atoms with Crippen molar-refractivity contribution >= 4 is 35.2 Å². The van der Waals surface area contributed by atoms with Crippen molar-refractivity contribution in [3.63, 3.8) is 0 Å². The maximum absolute atomic E-state index is 14.7. The van der Waals surface area contributed by atoms with E-state index in [1.54, 1.807) is 0 Å². The van der Waals surface area contributed by atoms with Gasteiger partial charge in [0.2, 0.25) is 11.8 Å².